The maximum absolute atomic E-state index is 12.5. The van der Waals surface area contributed by atoms with Gasteiger partial charge in [-0.25, -0.2) is 0 Å². The molecule has 0 spiro atoms. The highest BCUT2D eigenvalue weighted by Gasteiger charge is 2.42. The zero-order chi connectivity index (χ0) is 16.9. The molecule has 24 heavy (non-hydrogen) atoms. The van der Waals surface area contributed by atoms with Gasteiger partial charge in [-0.15, -0.1) is 0 Å². The monoisotopic (exact) mass is 337 g/mol. The molecule has 136 valence electrons. The second kappa shape index (κ2) is 8.34. The third-order valence-electron chi connectivity index (χ3n) is 5.82. The maximum atomic E-state index is 12.5. The number of aliphatic hydroxyl groups is 1. The molecule has 5 heteroatoms. The van der Waals surface area contributed by atoms with Crippen LogP contribution < -0.4 is 5.32 Å². The average molecular weight is 337 g/mol. The molecule has 3 atom stereocenters. The van der Waals surface area contributed by atoms with Gasteiger partial charge in [0.05, 0.1) is 0 Å². The minimum absolute atomic E-state index is 0.0886. The van der Waals surface area contributed by atoms with Crippen molar-refractivity contribution in [3.63, 3.8) is 0 Å². The molecule has 2 aliphatic carbocycles. The Morgan fingerprint density at radius 1 is 1.33 bits per heavy atom. The van der Waals surface area contributed by atoms with Crippen molar-refractivity contribution in [2.24, 2.45) is 17.8 Å². The lowest BCUT2D eigenvalue weighted by molar-refractivity contribution is -0.178. The first-order valence-electron chi connectivity index (χ1n) is 9.64. The molecule has 0 aromatic rings. The Labute approximate surface area is 144 Å². The van der Waals surface area contributed by atoms with E-state index in [1.54, 1.807) is 0 Å². The number of amides is 1. The molecular weight excluding hydrogens is 306 g/mol. The van der Waals surface area contributed by atoms with Crippen LogP contribution in [0.2, 0.25) is 0 Å². The summed E-state index contributed by atoms with van der Waals surface area (Å²) in [5.41, 5.74) is 0. The largest absolute Gasteiger partial charge is 0.459 e. The average Bonchev–Trinajstić information content (AvgIpc) is 2.48. The summed E-state index contributed by atoms with van der Waals surface area (Å²) in [6, 6.07) is 0.307. The summed E-state index contributed by atoms with van der Waals surface area (Å²) in [5.74, 6) is 1.51. The number of hydrogen-bond acceptors (Lipinski definition) is 4. The van der Waals surface area contributed by atoms with Gasteiger partial charge in [-0.1, -0.05) is 6.42 Å². The molecule has 5 nitrogen and oxygen atoms in total. The van der Waals surface area contributed by atoms with Gasteiger partial charge in [0.15, 0.2) is 5.76 Å². The molecule has 2 fully saturated rings. The molecule has 1 aliphatic heterocycles. The minimum atomic E-state index is -0.376. The lowest BCUT2D eigenvalue weighted by atomic mass is 9.68. The van der Waals surface area contributed by atoms with Crippen molar-refractivity contribution in [1.29, 1.82) is 0 Å². The van der Waals surface area contributed by atoms with Crippen molar-refractivity contribution in [2.45, 2.75) is 70.6 Å². The van der Waals surface area contributed by atoms with E-state index in [1.165, 1.54) is 25.7 Å². The molecule has 2 saturated carbocycles. The zero-order valence-electron chi connectivity index (χ0n) is 14.7. The normalized spacial score (nSPS) is 30.8. The summed E-state index contributed by atoms with van der Waals surface area (Å²) < 4.78 is 11.8. The van der Waals surface area contributed by atoms with Crippen LogP contribution in [0.15, 0.2) is 11.8 Å². The fourth-order valence-electron chi connectivity index (χ4n) is 3.96. The summed E-state index contributed by atoms with van der Waals surface area (Å²) in [4.78, 5) is 12.5. The van der Waals surface area contributed by atoms with Crippen LogP contribution in [0.3, 0.4) is 0 Å². The predicted octanol–water partition coefficient (Wildman–Crippen LogP) is 2.74. The Balaban J connectivity index is 1.74. The number of ether oxygens (including phenoxy) is 2. The van der Waals surface area contributed by atoms with E-state index in [1.807, 2.05) is 6.92 Å². The molecule has 1 amide bonds. The molecule has 3 rings (SSSR count). The third kappa shape index (κ3) is 3.94. The van der Waals surface area contributed by atoms with Crippen molar-refractivity contribution < 1.29 is 19.4 Å². The molecule has 0 aromatic carbocycles. The van der Waals surface area contributed by atoms with E-state index < -0.39 is 0 Å². The molecule has 0 unspecified atom stereocenters. The Morgan fingerprint density at radius 2 is 2.08 bits per heavy atom. The number of rotatable bonds is 8. The predicted molar refractivity (Wildman–Crippen MR) is 91.0 cm³/mol. The lowest BCUT2D eigenvalue weighted by Gasteiger charge is -2.43. The highest BCUT2D eigenvalue weighted by atomic mass is 16.7. The Morgan fingerprint density at radius 3 is 2.62 bits per heavy atom. The molecule has 0 saturated heterocycles. The van der Waals surface area contributed by atoms with Crippen molar-refractivity contribution in [3.8, 4) is 0 Å². The fourth-order valence-corrected chi connectivity index (χ4v) is 3.96. The van der Waals surface area contributed by atoms with Crippen LogP contribution >= 0.6 is 0 Å². The first kappa shape index (κ1) is 17.7. The summed E-state index contributed by atoms with van der Waals surface area (Å²) in [5, 5.41) is 12.3. The minimum Gasteiger partial charge on any atom is -0.459 e. The van der Waals surface area contributed by atoms with Gasteiger partial charge in [-0.05, 0) is 69.8 Å². The van der Waals surface area contributed by atoms with Gasteiger partial charge in [-0.2, -0.15) is 0 Å². The Kier molecular flexibility index (Phi) is 6.17. The van der Waals surface area contributed by atoms with Crippen LogP contribution in [0, 0.1) is 17.8 Å². The van der Waals surface area contributed by atoms with Crippen LogP contribution in [0.1, 0.15) is 58.3 Å². The van der Waals surface area contributed by atoms with E-state index in [4.69, 9.17) is 9.47 Å². The molecule has 2 N–H and O–H groups in total. The topological polar surface area (TPSA) is 67.8 Å². The van der Waals surface area contributed by atoms with Gasteiger partial charge in [0.1, 0.15) is 0 Å². The second-order valence-corrected chi connectivity index (χ2v) is 7.37. The van der Waals surface area contributed by atoms with Crippen molar-refractivity contribution in [1.82, 2.24) is 5.32 Å². The van der Waals surface area contributed by atoms with Gasteiger partial charge in [-0.3, -0.25) is 4.79 Å². The van der Waals surface area contributed by atoms with E-state index in [9.17, 15) is 9.90 Å². The van der Waals surface area contributed by atoms with Crippen LogP contribution in [0.5, 0.6) is 0 Å². The summed E-state index contributed by atoms with van der Waals surface area (Å²) in [6.45, 7) is 2.71. The SMILES string of the molecule is CCO[C@@H]1OC(C(=O)NC2CCC2)=C[C@H](C2CCC2)[C@@H]1CCCO. The van der Waals surface area contributed by atoms with Gasteiger partial charge >= 0.3 is 0 Å². The smallest absolute Gasteiger partial charge is 0.286 e. The molecule has 0 radical (unpaired) electrons. The number of carbonyl (C=O) groups excluding carboxylic acids is 1. The summed E-state index contributed by atoms with van der Waals surface area (Å²) in [6.07, 6.45) is 10.3. The summed E-state index contributed by atoms with van der Waals surface area (Å²) in [7, 11) is 0. The highest BCUT2D eigenvalue weighted by molar-refractivity contribution is 5.91. The van der Waals surface area contributed by atoms with Crippen LogP contribution in [0.25, 0.3) is 0 Å². The summed E-state index contributed by atoms with van der Waals surface area (Å²) >= 11 is 0. The first-order chi connectivity index (χ1) is 11.7. The molecule has 1 heterocycles. The Bertz CT molecular complexity index is 456. The van der Waals surface area contributed by atoms with Crippen LogP contribution in [-0.2, 0) is 14.3 Å². The number of carbonyl (C=O) groups is 1. The third-order valence-corrected chi connectivity index (χ3v) is 5.82. The number of hydrogen-bond donors (Lipinski definition) is 2. The van der Waals surface area contributed by atoms with E-state index in [0.717, 1.165) is 25.7 Å². The van der Waals surface area contributed by atoms with Gasteiger partial charge in [0.25, 0.3) is 5.91 Å². The first-order valence-corrected chi connectivity index (χ1v) is 9.64. The van der Waals surface area contributed by atoms with Crippen molar-refractivity contribution >= 4 is 5.91 Å². The Hall–Kier alpha value is -1.07. The van der Waals surface area contributed by atoms with Gasteiger partial charge in [0, 0.05) is 25.2 Å². The molecule has 0 bridgehead atoms. The standard InChI is InChI=1S/C19H31NO4/c1-2-23-19-15(10-5-11-21)16(13-6-3-7-13)12-17(24-19)18(22)20-14-8-4-9-14/h12-16,19,21H,2-11H2,1H3,(H,20,22)/t15-,16+,19+/m0/s1. The van der Waals surface area contributed by atoms with Gasteiger partial charge in [0.2, 0.25) is 6.29 Å². The van der Waals surface area contributed by atoms with Crippen molar-refractivity contribution in [3.05, 3.63) is 11.8 Å². The maximum Gasteiger partial charge on any atom is 0.286 e. The quantitative estimate of drug-likeness (QED) is 0.715. The number of nitrogens with one attached hydrogen (secondary N) is 1. The van der Waals surface area contributed by atoms with E-state index in [2.05, 4.69) is 11.4 Å². The van der Waals surface area contributed by atoms with Crippen molar-refractivity contribution in [2.75, 3.05) is 13.2 Å². The second-order valence-electron chi connectivity index (χ2n) is 7.37. The van der Waals surface area contributed by atoms with Gasteiger partial charge < -0.3 is 19.9 Å². The fraction of sp³-hybridized carbons (Fsp3) is 0.842. The lowest BCUT2D eigenvalue weighted by Crippen LogP contribution is -2.45. The van der Waals surface area contributed by atoms with E-state index >= 15 is 0 Å². The van der Waals surface area contributed by atoms with E-state index in [0.29, 0.717) is 30.2 Å². The zero-order valence-corrected chi connectivity index (χ0v) is 14.7. The number of aliphatic hydroxyl groups excluding tert-OH is 1. The van der Waals surface area contributed by atoms with Crippen LogP contribution in [0.4, 0.5) is 0 Å². The molecule has 3 aliphatic rings. The van der Waals surface area contributed by atoms with E-state index in [-0.39, 0.29) is 24.7 Å². The molecule has 0 aromatic heterocycles. The highest BCUT2D eigenvalue weighted by Crippen LogP contribution is 2.44. The number of allylic oxidation sites excluding steroid dienone is 1. The van der Waals surface area contributed by atoms with Crippen LogP contribution in [-0.4, -0.2) is 36.6 Å². The molecular formula is C19H31NO4.